The minimum Gasteiger partial charge on any atom is -0.268 e. The fourth-order valence-electron chi connectivity index (χ4n) is 2.12. The van der Waals surface area contributed by atoms with E-state index in [1.165, 1.54) is 5.56 Å². The summed E-state index contributed by atoms with van der Waals surface area (Å²) in [4.78, 5) is 11.8. The van der Waals surface area contributed by atoms with Crippen LogP contribution in [0.2, 0.25) is 0 Å². The number of rotatable bonds is 3. The Morgan fingerprint density at radius 2 is 2.06 bits per heavy atom. The second kappa shape index (κ2) is 4.62. The molecule has 2 rings (SSSR count). The fourth-order valence-corrected chi connectivity index (χ4v) is 2.12. The van der Waals surface area contributed by atoms with Crippen molar-refractivity contribution in [2.45, 2.75) is 33.6 Å². The lowest BCUT2D eigenvalue weighted by Crippen LogP contribution is -2.07. The van der Waals surface area contributed by atoms with E-state index in [0.717, 1.165) is 29.8 Å². The molecule has 90 valence electrons. The quantitative estimate of drug-likeness (QED) is 0.865. The number of H-pyrrole nitrogens is 1. The van der Waals surface area contributed by atoms with Crippen LogP contribution in [0.4, 0.5) is 0 Å². The van der Waals surface area contributed by atoms with Crippen LogP contribution in [0.5, 0.6) is 0 Å². The second-order valence-corrected chi connectivity index (χ2v) is 4.43. The maximum Gasteiger partial charge on any atom is 0.267 e. The van der Waals surface area contributed by atoms with E-state index in [0.29, 0.717) is 0 Å². The molecule has 1 aromatic heterocycles. The zero-order valence-corrected chi connectivity index (χ0v) is 10.6. The van der Waals surface area contributed by atoms with Gasteiger partial charge in [-0.2, -0.15) is 0 Å². The van der Waals surface area contributed by atoms with Gasteiger partial charge < -0.3 is 0 Å². The van der Waals surface area contributed by atoms with Gasteiger partial charge in [0, 0.05) is 11.3 Å². The Hall–Kier alpha value is -1.77. The molecule has 0 aliphatic rings. The Labute approximate surface area is 101 Å². The van der Waals surface area contributed by atoms with E-state index in [-0.39, 0.29) is 5.56 Å². The van der Waals surface area contributed by atoms with Crippen molar-refractivity contribution in [2.24, 2.45) is 0 Å². The molecule has 0 bridgehead atoms. The van der Waals surface area contributed by atoms with Crippen molar-refractivity contribution in [1.29, 1.82) is 0 Å². The third kappa shape index (κ3) is 2.18. The summed E-state index contributed by atoms with van der Waals surface area (Å²) >= 11 is 0. The highest BCUT2D eigenvalue weighted by Crippen LogP contribution is 2.13. The van der Waals surface area contributed by atoms with Gasteiger partial charge in [-0.15, -0.1) is 0 Å². The number of aryl methyl sites for hydroxylation is 1. The first-order valence-corrected chi connectivity index (χ1v) is 6.01. The average Bonchev–Trinajstić information content (AvgIpc) is 2.57. The van der Waals surface area contributed by atoms with Crippen LogP contribution in [-0.4, -0.2) is 9.78 Å². The molecule has 2 aromatic rings. The standard InChI is InChI=1S/C14H18N2O/c1-4-6-13-11(3)16(15-14(13)17)12-8-5-7-10(2)9-12/h5,7-9H,4,6H2,1-3H3,(H,15,17). The first-order chi connectivity index (χ1) is 8.13. The molecule has 1 N–H and O–H groups in total. The second-order valence-electron chi connectivity index (χ2n) is 4.43. The molecule has 0 aliphatic carbocycles. The first-order valence-electron chi connectivity index (χ1n) is 6.01. The number of hydrogen-bond donors (Lipinski definition) is 1. The van der Waals surface area contributed by atoms with E-state index in [1.807, 2.05) is 36.7 Å². The lowest BCUT2D eigenvalue weighted by molar-refractivity contribution is 0.830. The number of aromatic amines is 1. The fraction of sp³-hybridized carbons (Fsp3) is 0.357. The Balaban J connectivity index is 2.54. The number of benzene rings is 1. The monoisotopic (exact) mass is 230 g/mol. The van der Waals surface area contributed by atoms with Crippen molar-refractivity contribution < 1.29 is 0 Å². The van der Waals surface area contributed by atoms with Gasteiger partial charge in [0.25, 0.3) is 5.56 Å². The summed E-state index contributed by atoms with van der Waals surface area (Å²) in [6.45, 7) is 6.13. The highest BCUT2D eigenvalue weighted by Gasteiger charge is 2.10. The predicted octanol–water partition coefficient (Wildman–Crippen LogP) is 2.73. The molecule has 0 aliphatic heterocycles. The molecule has 0 saturated carbocycles. The first kappa shape index (κ1) is 11.7. The van der Waals surface area contributed by atoms with Gasteiger partial charge in [0.1, 0.15) is 0 Å². The molecular weight excluding hydrogens is 212 g/mol. The molecule has 0 fully saturated rings. The minimum atomic E-state index is 0.0332. The molecule has 0 spiro atoms. The average molecular weight is 230 g/mol. The van der Waals surface area contributed by atoms with Crippen molar-refractivity contribution in [3.63, 3.8) is 0 Å². The molecule has 3 nitrogen and oxygen atoms in total. The van der Waals surface area contributed by atoms with Crippen LogP contribution < -0.4 is 5.56 Å². The predicted molar refractivity (Wildman–Crippen MR) is 69.9 cm³/mol. The molecule has 0 amide bonds. The van der Waals surface area contributed by atoms with Gasteiger partial charge in [-0.25, -0.2) is 0 Å². The zero-order chi connectivity index (χ0) is 12.4. The van der Waals surface area contributed by atoms with Crippen LogP contribution in [0, 0.1) is 13.8 Å². The molecule has 1 aromatic carbocycles. The number of nitrogens with zero attached hydrogens (tertiary/aromatic N) is 1. The number of aromatic nitrogens is 2. The molecule has 1 heterocycles. The summed E-state index contributed by atoms with van der Waals surface area (Å²) in [6, 6.07) is 8.12. The van der Waals surface area contributed by atoms with E-state index >= 15 is 0 Å². The van der Waals surface area contributed by atoms with Gasteiger partial charge in [-0.1, -0.05) is 25.5 Å². The van der Waals surface area contributed by atoms with E-state index < -0.39 is 0 Å². The lowest BCUT2D eigenvalue weighted by atomic mass is 10.1. The van der Waals surface area contributed by atoms with Crippen LogP contribution in [0.1, 0.15) is 30.2 Å². The Morgan fingerprint density at radius 1 is 1.29 bits per heavy atom. The largest absolute Gasteiger partial charge is 0.268 e. The SMILES string of the molecule is CCCc1c(C)n(-c2cccc(C)c2)[nH]c1=O. The zero-order valence-electron chi connectivity index (χ0n) is 10.6. The van der Waals surface area contributed by atoms with Crippen LogP contribution >= 0.6 is 0 Å². The van der Waals surface area contributed by atoms with Crippen LogP contribution in [0.3, 0.4) is 0 Å². The van der Waals surface area contributed by atoms with Crippen molar-refractivity contribution in [3.8, 4) is 5.69 Å². The summed E-state index contributed by atoms with van der Waals surface area (Å²) in [6.07, 6.45) is 1.82. The summed E-state index contributed by atoms with van der Waals surface area (Å²) in [5, 5.41) is 2.90. The molecule has 0 atom stereocenters. The van der Waals surface area contributed by atoms with Gasteiger partial charge >= 0.3 is 0 Å². The van der Waals surface area contributed by atoms with Crippen molar-refractivity contribution in [1.82, 2.24) is 9.78 Å². The molecule has 17 heavy (non-hydrogen) atoms. The van der Waals surface area contributed by atoms with Crippen molar-refractivity contribution >= 4 is 0 Å². The topological polar surface area (TPSA) is 37.8 Å². The van der Waals surface area contributed by atoms with Crippen LogP contribution in [0.15, 0.2) is 29.1 Å². The van der Waals surface area contributed by atoms with Gasteiger partial charge in [0.15, 0.2) is 0 Å². The molecule has 3 heteroatoms. The van der Waals surface area contributed by atoms with E-state index in [9.17, 15) is 4.79 Å². The maximum absolute atomic E-state index is 11.8. The summed E-state index contributed by atoms with van der Waals surface area (Å²) in [5.41, 5.74) is 4.15. The smallest absolute Gasteiger partial charge is 0.267 e. The van der Waals surface area contributed by atoms with Gasteiger partial charge in [0.2, 0.25) is 0 Å². The maximum atomic E-state index is 11.8. The van der Waals surface area contributed by atoms with Crippen molar-refractivity contribution in [3.05, 3.63) is 51.4 Å². The van der Waals surface area contributed by atoms with Crippen LogP contribution in [0.25, 0.3) is 5.69 Å². The molecule has 0 radical (unpaired) electrons. The summed E-state index contributed by atoms with van der Waals surface area (Å²) < 4.78 is 1.88. The van der Waals surface area contributed by atoms with Crippen LogP contribution in [-0.2, 0) is 6.42 Å². The molecule has 0 saturated heterocycles. The highest BCUT2D eigenvalue weighted by molar-refractivity contribution is 5.37. The van der Waals surface area contributed by atoms with Crippen molar-refractivity contribution in [2.75, 3.05) is 0 Å². The summed E-state index contributed by atoms with van der Waals surface area (Å²) in [7, 11) is 0. The Kier molecular flexibility index (Phi) is 3.18. The minimum absolute atomic E-state index is 0.0332. The lowest BCUT2D eigenvalue weighted by Gasteiger charge is -2.06. The highest BCUT2D eigenvalue weighted by atomic mass is 16.1. The van der Waals surface area contributed by atoms with Gasteiger partial charge in [0.05, 0.1) is 5.69 Å². The van der Waals surface area contributed by atoms with E-state index in [2.05, 4.69) is 18.1 Å². The Bertz CT molecular complexity index is 578. The van der Waals surface area contributed by atoms with E-state index in [4.69, 9.17) is 0 Å². The van der Waals surface area contributed by atoms with Gasteiger partial charge in [-0.05, 0) is 38.0 Å². The van der Waals surface area contributed by atoms with E-state index in [1.54, 1.807) is 0 Å². The van der Waals surface area contributed by atoms with Gasteiger partial charge in [-0.3, -0.25) is 14.6 Å². The third-order valence-electron chi connectivity index (χ3n) is 3.02. The third-order valence-corrected chi connectivity index (χ3v) is 3.02. The number of hydrogen-bond acceptors (Lipinski definition) is 1. The summed E-state index contributed by atoms with van der Waals surface area (Å²) in [5.74, 6) is 0. The molecular formula is C14H18N2O. The Morgan fingerprint density at radius 3 is 2.71 bits per heavy atom. The normalized spacial score (nSPS) is 10.8. The number of nitrogens with one attached hydrogen (secondary N) is 1. The molecule has 0 unspecified atom stereocenters.